The summed E-state index contributed by atoms with van der Waals surface area (Å²) in [4.78, 5) is 6.78. The molecule has 0 fully saturated rings. The van der Waals surface area contributed by atoms with Gasteiger partial charge in [0.25, 0.3) is 0 Å². The van der Waals surface area contributed by atoms with Gasteiger partial charge >= 0.3 is 0 Å². The van der Waals surface area contributed by atoms with Gasteiger partial charge in [-0.3, -0.25) is 0 Å². The van der Waals surface area contributed by atoms with Crippen molar-refractivity contribution in [1.29, 1.82) is 0 Å². The lowest BCUT2D eigenvalue weighted by Gasteiger charge is -2.34. The van der Waals surface area contributed by atoms with E-state index in [0.29, 0.717) is 0 Å². The monoisotopic (exact) mass is 200 g/mol. The Morgan fingerprint density at radius 1 is 1.27 bits per heavy atom. The molecule has 3 rings (SSSR count). The molecule has 0 unspecified atom stereocenters. The number of fused-ring (bicyclic) bond motifs is 1. The van der Waals surface area contributed by atoms with E-state index in [1.54, 1.807) is 5.57 Å². The summed E-state index contributed by atoms with van der Waals surface area (Å²) in [5, 5.41) is 0. The minimum atomic E-state index is 1.13. The Labute approximate surface area is 90.6 Å². The standard InChI is InChI=1S/C13H16N2/c1-15-12-7-3-2-5-10(12)9-11-6-4-8-14-13(11)15/h4,6,8H,2-3,5,7,9H2,1H3. The van der Waals surface area contributed by atoms with Gasteiger partial charge < -0.3 is 4.90 Å². The summed E-state index contributed by atoms with van der Waals surface area (Å²) in [6.45, 7) is 0. The summed E-state index contributed by atoms with van der Waals surface area (Å²) < 4.78 is 0. The quantitative estimate of drug-likeness (QED) is 0.640. The van der Waals surface area contributed by atoms with E-state index in [9.17, 15) is 0 Å². The normalized spacial score (nSPS) is 19.9. The molecule has 0 saturated carbocycles. The Morgan fingerprint density at radius 2 is 2.13 bits per heavy atom. The average Bonchev–Trinajstić information content (AvgIpc) is 2.30. The van der Waals surface area contributed by atoms with Crippen LogP contribution in [0.5, 0.6) is 0 Å². The van der Waals surface area contributed by atoms with E-state index in [4.69, 9.17) is 0 Å². The van der Waals surface area contributed by atoms with Crippen LogP contribution in [0.1, 0.15) is 31.2 Å². The maximum Gasteiger partial charge on any atom is 0.135 e. The summed E-state index contributed by atoms with van der Waals surface area (Å²) in [6.07, 6.45) is 8.25. The average molecular weight is 200 g/mol. The second-order valence-electron chi connectivity index (χ2n) is 4.48. The zero-order valence-corrected chi connectivity index (χ0v) is 9.16. The molecule has 1 aliphatic carbocycles. The van der Waals surface area contributed by atoms with Crippen molar-refractivity contribution in [1.82, 2.24) is 4.98 Å². The molecule has 0 aromatic carbocycles. The fourth-order valence-corrected chi connectivity index (χ4v) is 2.78. The van der Waals surface area contributed by atoms with E-state index in [1.165, 1.54) is 36.9 Å². The molecule has 1 aromatic rings. The third kappa shape index (κ3) is 1.36. The molecule has 1 aliphatic heterocycles. The first-order valence-electron chi connectivity index (χ1n) is 5.75. The van der Waals surface area contributed by atoms with E-state index < -0.39 is 0 Å². The van der Waals surface area contributed by atoms with Gasteiger partial charge in [0, 0.05) is 18.9 Å². The predicted octanol–water partition coefficient (Wildman–Crippen LogP) is 2.90. The summed E-state index contributed by atoms with van der Waals surface area (Å²) in [5.74, 6) is 1.16. The first-order valence-corrected chi connectivity index (χ1v) is 5.75. The summed E-state index contributed by atoms with van der Waals surface area (Å²) in [7, 11) is 2.16. The van der Waals surface area contributed by atoms with Crippen LogP contribution in [-0.2, 0) is 6.42 Å². The number of hydrogen-bond acceptors (Lipinski definition) is 2. The van der Waals surface area contributed by atoms with Gasteiger partial charge in [-0.15, -0.1) is 0 Å². The van der Waals surface area contributed by atoms with Crippen LogP contribution in [0.2, 0.25) is 0 Å². The molecule has 1 aromatic heterocycles. The van der Waals surface area contributed by atoms with Gasteiger partial charge in [-0.05, 0) is 49.3 Å². The van der Waals surface area contributed by atoms with Crippen LogP contribution in [0.15, 0.2) is 29.6 Å². The van der Waals surface area contributed by atoms with Gasteiger partial charge in [0.2, 0.25) is 0 Å². The second-order valence-corrected chi connectivity index (χ2v) is 4.48. The topological polar surface area (TPSA) is 16.1 Å². The molecule has 2 nitrogen and oxygen atoms in total. The van der Waals surface area contributed by atoms with Gasteiger partial charge in [0.1, 0.15) is 5.82 Å². The lowest BCUT2D eigenvalue weighted by molar-refractivity contribution is 0.633. The molecule has 2 heteroatoms. The molecule has 0 atom stereocenters. The maximum absolute atomic E-state index is 4.48. The van der Waals surface area contributed by atoms with Crippen LogP contribution in [0.4, 0.5) is 5.82 Å². The van der Waals surface area contributed by atoms with E-state index in [1.807, 2.05) is 12.3 Å². The van der Waals surface area contributed by atoms with Crippen molar-refractivity contribution >= 4 is 5.82 Å². The van der Waals surface area contributed by atoms with Crippen LogP contribution < -0.4 is 4.90 Å². The molecule has 78 valence electrons. The van der Waals surface area contributed by atoms with Crippen molar-refractivity contribution in [2.75, 3.05) is 11.9 Å². The Hall–Kier alpha value is -1.31. The Morgan fingerprint density at radius 3 is 3.07 bits per heavy atom. The van der Waals surface area contributed by atoms with E-state index >= 15 is 0 Å². The summed E-state index contributed by atoms with van der Waals surface area (Å²) >= 11 is 0. The molecule has 0 spiro atoms. The highest BCUT2D eigenvalue weighted by Crippen LogP contribution is 2.37. The molecule has 0 radical (unpaired) electrons. The van der Waals surface area contributed by atoms with E-state index in [0.717, 1.165) is 12.2 Å². The Balaban J connectivity index is 2.07. The zero-order valence-electron chi connectivity index (χ0n) is 9.16. The number of anilines is 1. The Kier molecular flexibility index (Phi) is 2.01. The van der Waals surface area contributed by atoms with Crippen LogP contribution in [0.3, 0.4) is 0 Å². The number of hydrogen-bond donors (Lipinski definition) is 0. The smallest absolute Gasteiger partial charge is 0.135 e. The largest absolute Gasteiger partial charge is 0.333 e. The lowest BCUT2D eigenvalue weighted by Crippen LogP contribution is -2.27. The minimum Gasteiger partial charge on any atom is -0.333 e. The molecule has 0 N–H and O–H groups in total. The fraction of sp³-hybridized carbons (Fsp3) is 0.462. The predicted molar refractivity (Wildman–Crippen MR) is 61.8 cm³/mol. The number of allylic oxidation sites excluding steroid dienone is 2. The van der Waals surface area contributed by atoms with E-state index in [-0.39, 0.29) is 0 Å². The fourth-order valence-electron chi connectivity index (χ4n) is 2.78. The van der Waals surface area contributed by atoms with Crippen molar-refractivity contribution < 1.29 is 0 Å². The highest BCUT2D eigenvalue weighted by Gasteiger charge is 2.24. The molecule has 15 heavy (non-hydrogen) atoms. The first-order chi connectivity index (χ1) is 7.36. The molecule has 2 aliphatic rings. The van der Waals surface area contributed by atoms with Crippen molar-refractivity contribution in [3.05, 3.63) is 35.2 Å². The molecule has 0 amide bonds. The molecule has 0 bridgehead atoms. The number of nitrogens with zero attached hydrogens (tertiary/aromatic N) is 2. The minimum absolute atomic E-state index is 1.13. The molecular weight excluding hydrogens is 184 g/mol. The van der Waals surface area contributed by atoms with Crippen LogP contribution in [-0.4, -0.2) is 12.0 Å². The van der Waals surface area contributed by atoms with Crippen molar-refractivity contribution in [3.63, 3.8) is 0 Å². The highest BCUT2D eigenvalue weighted by molar-refractivity contribution is 5.57. The SMILES string of the molecule is CN1C2=C(CCCC2)Cc2cccnc21. The van der Waals surface area contributed by atoms with Gasteiger partial charge in [0.15, 0.2) is 0 Å². The second kappa shape index (κ2) is 3.37. The zero-order chi connectivity index (χ0) is 10.3. The van der Waals surface area contributed by atoms with Gasteiger partial charge in [-0.25, -0.2) is 4.98 Å². The summed E-state index contributed by atoms with van der Waals surface area (Å²) in [6, 6.07) is 4.25. The van der Waals surface area contributed by atoms with Crippen molar-refractivity contribution in [2.24, 2.45) is 0 Å². The number of pyridine rings is 1. The van der Waals surface area contributed by atoms with Crippen LogP contribution >= 0.6 is 0 Å². The molecule has 0 saturated heterocycles. The third-order valence-electron chi connectivity index (χ3n) is 3.54. The van der Waals surface area contributed by atoms with Crippen molar-refractivity contribution in [2.45, 2.75) is 32.1 Å². The highest BCUT2D eigenvalue weighted by atomic mass is 15.2. The molecule has 2 heterocycles. The maximum atomic E-state index is 4.48. The Bertz CT molecular complexity index is 420. The van der Waals surface area contributed by atoms with Gasteiger partial charge in [-0.1, -0.05) is 6.07 Å². The summed E-state index contributed by atoms with van der Waals surface area (Å²) in [5.41, 5.74) is 4.57. The van der Waals surface area contributed by atoms with Crippen LogP contribution in [0.25, 0.3) is 0 Å². The molecular formula is C13H16N2. The van der Waals surface area contributed by atoms with Crippen LogP contribution in [0, 0.1) is 0 Å². The van der Waals surface area contributed by atoms with E-state index in [2.05, 4.69) is 23.0 Å². The number of aromatic nitrogens is 1. The first kappa shape index (κ1) is 8.96. The van der Waals surface area contributed by atoms with Gasteiger partial charge in [0.05, 0.1) is 0 Å². The lowest BCUT2D eigenvalue weighted by atomic mass is 9.88. The number of rotatable bonds is 0. The van der Waals surface area contributed by atoms with Crippen molar-refractivity contribution in [3.8, 4) is 0 Å². The third-order valence-corrected chi connectivity index (χ3v) is 3.54. The van der Waals surface area contributed by atoms with Gasteiger partial charge in [-0.2, -0.15) is 0 Å².